The third kappa shape index (κ3) is 5.76. The molecule has 36 heavy (non-hydrogen) atoms. The van der Waals surface area contributed by atoms with Crippen LogP contribution in [-0.2, 0) is 11.3 Å². The van der Waals surface area contributed by atoms with Crippen molar-refractivity contribution in [2.45, 2.75) is 56.0 Å². The quantitative estimate of drug-likeness (QED) is 0.137. The Kier molecular flexibility index (Phi) is 8.04. The van der Waals surface area contributed by atoms with Crippen molar-refractivity contribution in [1.82, 2.24) is 9.55 Å². The molecule has 4 rings (SSSR count). The molecule has 9 nitrogen and oxygen atoms in total. The minimum absolute atomic E-state index is 0.132. The molecule has 0 saturated heterocycles. The van der Waals surface area contributed by atoms with Gasteiger partial charge in [0.2, 0.25) is 5.91 Å². The molecule has 3 aromatic rings. The summed E-state index contributed by atoms with van der Waals surface area (Å²) in [5.41, 5.74) is 1.84. The van der Waals surface area contributed by atoms with Crippen LogP contribution in [-0.4, -0.2) is 32.7 Å². The van der Waals surface area contributed by atoms with Gasteiger partial charge in [0.15, 0.2) is 5.16 Å². The van der Waals surface area contributed by atoms with Crippen molar-refractivity contribution in [1.29, 1.82) is 0 Å². The Labute approximate surface area is 212 Å². The number of hydrogen-bond acceptors (Lipinski definition) is 7. The van der Waals surface area contributed by atoms with Crippen molar-refractivity contribution in [2.75, 3.05) is 12.4 Å². The Morgan fingerprint density at radius 3 is 2.81 bits per heavy atom. The Bertz CT molecular complexity index is 1380. The van der Waals surface area contributed by atoms with Gasteiger partial charge in [0.25, 0.3) is 11.2 Å². The Hall–Kier alpha value is -3.66. The molecule has 0 spiro atoms. The highest BCUT2D eigenvalue weighted by molar-refractivity contribution is 8.00. The number of aromatic nitrogens is 2. The van der Waals surface area contributed by atoms with Gasteiger partial charge in [-0.2, -0.15) is 0 Å². The summed E-state index contributed by atoms with van der Waals surface area (Å²) in [6.07, 6.45) is 7.50. The van der Waals surface area contributed by atoms with Gasteiger partial charge in [-0.1, -0.05) is 35.5 Å². The zero-order valence-corrected chi connectivity index (χ0v) is 21.0. The normalized spacial score (nSPS) is 14.2. The van der Waals surface area contributed by atoms with Gasteiger partial charge in [-0.25, -0.2) is 4.98 Å². The molecule has 1 aromatic heterocycles. The van der Waals surface area contributed by atoms with E-state index < -0.39 is 10.2 Å². The lowest BCUT2D eigenvalue weighted by molar-refractivity contribution is -0.384. The molecule has 0 fully saturated rings. The van der Waals surface area contributed by atoms with E-state index in [1.165, 1.54) is 49.1 Å². The first-order chi connectivity index (χ1) is 17.4. The maximum Gasteiger partial charge on any atom is 0.271 e. The summed E-state index contributed by atoms with van der Waals surface area (Å²) in [6, 6.07) is 11.2. The van der Waals surface area contributed by atoms with E-state index in [0.717, 1.165) is 25.7 Å². The molecule has 1 unspecified atom stereocenters. The van der Waals surface area contributed by atoms with E-state index in [0.29, 0.717) is 28.4 Å². The third-order valence-electron chi connectivity index (χ3n) is 6.17. The average molecular weight is 509 g/mol. The summed E-state index contributed by atoms with van der Waals surface area (Å²) >= 11 is 1.18. The summed E-state index contributed by atoms with van der Waals surface area (Å²) in [5.74, 6) is -0.0737. The average Bonchev–Trinajstić information content (AvgIpc) is 2.89. The second kappa shape index (κ2) is 11.4. The molecular formula is C26H28N4O5S. The molecule has 1 atom stereocenters. The van der Waals surface area contributed by atoms with Crippen LogP contribution in [0.5, 0.6) is 5.75 Å². The number of nitrogens with one attached hydrogen (secondary N) is 1. The van der Waals surface area contributed by atoms with Gasteiger partial charge < -0.3 is 10.1 Å². The number of non-ortho nitro benzene ring substituents is 1. The van der Waals surface area contributed by atoms with Crippen LogP contribution in [0.1, 0.15) is 39.0 Å². The number of fused-ring (bicyclic) bond motifs is 1. The fourth-order valence-electron chi connectivity index (χ4n) is 4.18. The van der Waals surface area contributed by atoms with Crippen molar-refractivity contribution in [3.05, 3.63) is 74.6 Å². The maximum atomic E-state index is 13.4. The number of benzene rings is 2. The van der Waals surface area contributed by atoms with Gasteiger partial charge in [-0.3, -0.25) is 24.3 Å². The number of nitro groups is 1. The minimum atomic E-state index is -0.637. The molecule has 1 aliphatic carbocycles. The number of nitrogens with zero attached hydrogens (tertiary/aromatic N) is 3. The Morgan fingerprint density at radius 1 is 1.28 bits per heavy atom. The van der Waals surface area contributed by atoms with E-state index >= 15 is 0 Å². The number of thioether (sulfide) groups is 1. The predicted molar refractivity (Wildman–Crippen MR) is 141 cm³/mol. The van der Waals surface area contributed by atoms with Gasteiger partial charge in [-0.15, -0.1) is 0 Å². The van der Waals surface area contributed by atoms with Crippen LogP contribution in [0, 0.1) is 10.1 Å². The van der Waals surface area contributed by atoms with Gasteiger partial charge in [-0.05, 0) is 57.2 Å². The number of hydrogen-bond donors (Lipinski definition) is 1. The van der Waals surface area contributed by atoms with Crippen LogP contribution in [0.25, 0.3) is 10.9 Å². The van der Waals surface area contributed by atoms with Gasteiger partial charge >= 0.3 is 0 Å². The topological polar surface area (TPSA) is 116 Å². The van der Waals surface area contributed by atoms with E-state index in [-0.39, 0.29) is 22.8 Å². The molecule has 1 amide bonds. The third-order valence-corrected chi connectivity index (χ3v) is 7.26. The summed E-state index contributed by atoms with van der Waals surface area (Å²) in [5, 5.41) is 14.3. The van der Waals surface area contributed by atoms with Gasteiger partial charge in [0, 0.05) is 18.7 Å². The highest BCUT2D eigenvalue weighted by Gasteiger charge is 2.22. The highest BCUT2D eigenvalue weighted by atomic mass is 32.2. The van der Waals surface area contributed by atoms with Crippen molar-refractivity contribution < 1.29 is 14.5 Å². The fraction of sp³-hybridized carbons (Fsp3) is 0.346. The second-order valence-electron chi connectivity index (χ2n) is 8.62. The van der Waals surface area contributed by atoms with Crippen LogP contribution in [0.4, 0.5) is 11.4 Å². The minimum Gasteiger partial charge on any atom is -0.495 e. The Morgan fingerprint density at radius 2 is 2.08 bits per heavy atom. The lowest BCUT2D eigenvalue weighted by Gasteiger charge is -2.18. The molecule has 0 saturated carbocycles. The Balaban J connectivity index is 1.59. The van der Waals surface area contributed by atoms with Crippen LogP contribution in [0.3, 0.4) is 0 Å². The number of rotatable bonds is 9. The predicted octanol–water partition coefficient (Wildman–Crippen LogP) is 5.32. The first-order valence-corrected chi connectivity index (χ1v) is 12.7. The summed E-state index contributed by atoms with van der Waals surface area (Å²) in [6.45, 7) is 2.19. The molecule has 10 heteroatoms. The zero-order valence-electron chi connectivity index (χ0n) is 20.2. The summed E-state index contributed by atoms with van der Waals surface area (Å²) < 4.78 is 6.90. The maximum absolute atomic E-state index is 13.4. The van der Waals surface area contributed by atoms with E-state index in [4.69, 9.17) is 9.72 Å². The largest absolute Gasteiger partial charge is 0.495 e. The number of amides is 1. The van der Waals surface area contributed by atoms with Crippen LogP contribution in [0.15, 0.2) is 64.1 Å². The monoisotopic (exact) mass is 508 g/mol. The molecular weight excluding hydrogens is 480 g/mol. The molecule has 1 aliphatic rings. The number of nitro benzene ring substituents is 1. The first kappa shape index (κ1) is 25.4. The molecule has 188 valence electrons. The van der Waals surface area contributed by atoms with E-state index in [1.807, 2.05) is 12.1 Å². The van der Waals surface area contributed by atoms with Gasteiger partial charge in [0.1, 0.15) is 5.75 Å². The molecule has 0 bridgehead atoms. The van der Waals surface area contributed by atoms with Crippen molar-refractivity contribution in [3.8, 4) is 5.75 Å². The number of allylic oxidation sites excluding steroid dienone is 2. The fourth-order valence-corrected chi connectivity index (χ4v) is 5.11. The molecule has 1 heterocycles. The van der Waals surface area contributed by atoms with E-state index in [2.05, 4.69) is 11.4 Å². The summed E-state index contributed by atoms with van der Waals surface area (Å²) in [4.78, 5) is 41.8. The van der Waals surface area contributed by atoms with Crippen LogP contribution >= 0.6 is 11.8 Å². The zero-order chi connectivity index (χ0) is 25.7. The highest BCUT2D eigenvalue weighted by Crippen LogP contribution is 2.31. The van der Waals surface area contributed by atoms with Crippen molar-refractivity contribution in [3.63, 3.8) is 0 Å². The van der Waals surface area contributed by atoms with Crippen LogP contribution in [0.2, 0.25) is 0 Å². The number of para-hydroxylation sites is 1. The smallest absolute Gasteiger partial charge is 0.271 e. The second-order valence-corrected chi connectivity index (χ2v) is 9.93. The number of methoxy groups -OCH3 is 1. The first-order valence-electron chi connectivity index (χ1n) is 11.8. The molecule has 1 N–H and O–H groups in total. The van der Waals surface area contributed by atoms with Crippen LogP contribution < -0.4 is 15.6 Å². The van der Waals surface area contributed by atoms with Crippen molar-refractivity contribution in [2.24, 2.45) is 0 Å². The van der Waals surface area contributed by atoms with Gasteiger partial charge in [0.05, 0.1) is 33.9 Å². The molecule has 0 radical (unpaired) electrons. The molecule has 0 aliphatic heterocycles. The lowest BCUT2D eigenvalue weighted by Crippen LogP contribution is -2.27. The number of ether oxygens (including phenoxy) is 1. The standard InChI is InChI=1S/C26H28N4O5S/c1-17(24(31)27-22-16-19(30(33)34)12-13-23(22)35-2)36-26-28-21-11-7-6-10-20(21)25(32)29(26)15-14-18-8-4-3-5-9-18/h6-8,10-13,16-17H,3-5,9,14-15H2,1-2H3,(H,27,31). The molecule has 2 aromatic carbocycles. The summed E-state index contributed by atoms with van der Waals surface area (Å²) in [7, 11) is 1.43. The van der Waals surface area contributed by atoms with E-state index in [9.17, 15) is 19.7 Å². The lowest BCUT2D eigenvalue weighted by atomic mass is 9.97. The van der Waals surface area contributed by atoms with Crippen molar-refractivity contribution >= 4 is 39.9 Å². The number of carbonyl (C=O) groups excluding carboxylic acids is 1. The number of carbonyl (C=O) groups is 1. The van der Waals surface area contributed by atoms with E-state index in [1.54, 1.807) is 23.6 Å². The SMILES string of the molecule is COc1ccc([N+](=O)[O-])cc1NC(=O)C(C)Sc1nc2ccccc2c(=O)n1CCC1=CCCCC1. The number of anilines is 1.